The second-order valence-electron chi connectivity index (χ2n) is 14.5. The van der Waals surface area contributed by atoms with Crippen LogP contribution in [0.15, 0.2) is 191 Å². The van der Waals surface area contributed by atoms with Crippen molar-refractivity contribution in [3.63, 3.8) is 0 Å². The Morgan fingerprint density at radius 3 is 1.51 bits per heavy atom. The molecule has 0 saturated carbocycles. The van der Waals surface area contributed by atoms with Crippen molar-refractivity contribution in [2.45, 2.75) is 27.5 Å². The Bertz CT molecular complexity index is 3700. The molecule has 0 unspecified atom stereocenters. The van der Waals surface area contributed by atoms with Gasteiger partial charge in [-0.1, -0.05) is 77.3 Å². The Kier molecular flexibility index (Phi) is 12.7. The number of hydrogen-bond acceptors (Lipinski definition) is 8. The Morgan fingerprint density at radius 1 is 0.441 bits per heavy atom. The molecule has 0 bridgehead atoms. The number of aryl methyl sites for hydroxylation is 4. The van der Waals surface area contributed by atoms with E-state index in [-0.39, 0.29) is 68.5 Å². The first-order valence-corrected chi connectivity index (χ1v) is 20.7. The van der Waals surface area contributed by atoms with Gasteiger partial charge >= 0.3 is 0 Å². The zero-order chi connectivity index (χ0) is 52.7. The van der Waals surface area contributed by atoms with Gasteiger partial charge in [0.15, 0.2) is 0 Å². The molecule has 10 heteroatoms. The first kappa shape index (κ1) is 37.7. The molecule has 0 N–H and O–H groups in total. The third-order valence-electron chi connectivity index (χ3n) is 10.2. The normalized spacial score (nSPS) is 12.9. The van der Waals surface area contributed by atoms with Crippen LogP contribution in [0.2, 0.25) is 0 Å². The number of pyridine rings is 6. The molecule has 8 aromatic heterocycles. The van der Waals surface area contributed by atoms with Crippen LogP contribution in [0.5, 0.6) is 0 Å². The van der Waals surface area contributed by atoms with E-state index in [4.69, 9.17) is 21.2 Å². The molecule has 0 fully saturated rings. The number of aromatic nitrogens is 6. The van der Waals surface area contributed by atoms with Gasteiger partial charge in [0, 0.05) is 99.5 Å². The fourth-order valence-electron chi connectivity index (χ4n) is 7.18. The second kappa shape index (κ2) is 22.9. The van der Waals surface area contributed by atoms with Crippen molar-refractivity contribution in [3.05, 3.63) is 229 Å². The van der Waals surface area contributed by atoms with Crippen LogP contribution in [0.25, 0.3) is 89.2 Å². The maximum Gasteiger partial charge on any atom is 0.216 e. The predicted octanol–water partition coefficient (Wildman–Crippen LogP) is 14.0. The van der Waals surface area contributed by atoms with Crippen molar-refractivity contribution >= 4 is 44.1 Å². The third-order valence-corrected chi connectivity index (χ3v) is 10.2. The maximum atomic E-state index is 7.83. The Hall–Kier alpha value is -7.32. The first-order chi connectivity index (χ1) is 36.0. The minimum atomic E-state index is -2.39. The summed E-state index contributed by atoms with van der Waals surface area (Å²) in [6.07, 6.45) is 6.90. The van der Waals surface area contributed by atoms with Gasteiger partial charge in [0.25, 0.3) is 0 Å². The van der Waals surface area contributed by atoms with Crippen LogP contribution in [-0.2, 0) is 40.2 Å². The van der Waals surface area contributed by atoms with Crippen LogP contribution in [0.1, 0.15) is 34.9 Å². The standard InChI is InChI=1S/2C18H13N2O.2C11H8N.2Ir/c1-11-10-12(2)20-18-16(11)14-7-5-6-13(17(14)21-18)15-8-3-4-9-19-15;1-11-6-8-13(15-5-3-4-10-19-15)17-16(11)14-9-7-12(2)20-18(14)21-17;2*1-2-6-10(7-3-1)11-8-4-5-9-12-11;;/h3-5,7-10H,1-2H3;3-7,9-10H,1-2H3;2*1-6,8-9H;;/q4*-1;;/i2D3;1D3,2D3;;;;. The predicted molar refractivity (Wildman–Crippen MR) is 263 cm³/mol. The largest absolute Gasteiger partial charge is 0.486 e. The van der Waals surface area contributed by atoms with E-state index >= 15 is 0 Å². The molecule has 0 amide bonds. The van der Waals surface area contributed by atoms with Crippen LogP contribution in [0.3, 0.4) is 0 Å². The Balaban J connectivity index is 0.000000157. The fourth-order valence-corrected chi connectivity index (χ4v) is 7.18. The molecule has 0 spiro atoms. The zero-order valence-corrected chi connectivity index (χ0v) is 40.8. The summed E-state index contributed by atoms with van der Waals surface area (Å²) in [5.41, 5.74) is 8.65. The number of hydrogen-bond donors (Lipinski definition) is 0. The van der Waals surface area contributed by atoms with Gasteiger partial charge in [0.1, 0.15) is 0 Å². The minimum Gasteiger partial charge on any atom is -0.486 e. The van der Waals surface area contributed by atoms with Gasteiger partial charge in [-0.05, 0) is 91.4 Å². The van der Waals surface area contributed by atoms with E-state index < -0.39 is 20.6 Å². The molecule has 0 aliphatic heterocycles. The van der Waals surface area contributed by atoms with Crippen LogP contribution in [-0.4, -0.2) is 29.9 Å². The molecule has 4 aromatic carbocycles. The van der Waals surface area contributed by atoms with Crippen molar-refractivity contribution < 1.29 is 61.4 Å². The summed E-state index contributed by atoms with van der Waals surface area (Å²) in [5.74, 6) is 0. The minimum absolute atomic E-state index is 0. The average molecular weight is 1250 g/mol. The summed E-state index contributed by atoms with van der Waals surface area (Å²) in [6.45, 7) is -5.19. The molecule has 8 nitrogen and oxygen atoms in total. The summed E-state index contributed by atoms with van der Waals surface area (Å²) in [7, 11) is 0. The summed E-state index contributed by atoms with van der Waals surface area (Å²) in [5, 5.41) is 2.51. The van der Waals surface area contributed by atoms with Crippen LogP contribution < -0.4 is 0 Å². The monoisotopic (exact) mass is 1250 g/mol. The van der Waals surface area contributed by atoms with Gasteiger partial charge in [0.05, 0.1) is 11.2 Å². The van der Waals surface area contributed by atoms with Gasteiger partial charge < -0.3 is 28.8 Å². The molecule has 68 heavy (non-hydrogen) atoms. The molecule has 2 radical (unpaired) electrons. The van der Waals surface area contributed by atoms with Crippen molar-refractivity contribution in [1.29, 1.82) is 0 Å². The molecular formula is C58H42Ir2N6O2-4. The first-order valence-electron chi connectivity index (χ1n) is 25.2. The quantitative estimate of drug-likeness (QED) is 0.161. The van der Waals surface area contributed by atoms with Crippen LogP contribution >= 0.6 is 0 Å². The zero-order valence-electron chi connectivity index (χ0n) is 45.0. The number of nitrogens with zero attached hydrogens (tertiary/aromatic N) is 6. The van der Waals surface area contributed by atoms with E-state index in [0.29, 0.717) is 33.3 Å². The topological polar surface area (TPSA) is 104 Å². The van der Waals surface area contributed by atoms with Gasteiger partial charge in [-0.3, -0.25) is 0 Å². The molecule has 12 aromatic rings. The number of furan rings is 2. The van der Waals surface area contributed by atoms with Gasteiger partial charge in [-0.15, -0.1) is 108 Å². The van der Waals surface area contributed by atoms with E-state index in [1.807, 2.05) is 122 Å². The van der Waals surface area contributed by atoms with Crippen molar-refractivity contribution in [2.24, 2.45) is 0 Å². The molecule has 0 aliphatic carbocycles. The number of benzene rings is 4. The molecule has 0 aliphatic rings. The summed E-state index contributed by atoms with van der Waals surface area (Å²) < 4.78 is 80.5. The third kappa shape index (κ3) is 11.1. The Morgan fingerprint density at radius 2 is 0.985 bits per heavy atom. The Labute approximate surface area is 435 Å². The number of fused-ring (bicyclic) bond motifs is 6. The molecule has 0 saturated heterocycles. The molecule has 338 valence electrons. The van der Waals surface area contributed by atoms with Crippen LogP contribution in [0, 0.1) is 51.7 Å². The maximum absolute atomic E-state index is 7.83. The SMILES string of the molecule is [2H]C([2H])([2H])c1cc(C)c2c(n1)oc1c(-c3ccccn3)[c-]ccc12.[2H]C([2H])([2H])c1ccc2c(n1)oc1c(-c3ccccn3)[c-]cc(C([2H])([2H])[2H])c12.[Ir].[Ir].[c-]1ccccc1-c1ccccn1.[c-]1ccccc1-c1ccccn1. The molecule has 12 rings (SSSR count). The molecule has 8 heterocycles. The van der Waals surface area contributed by atoms with Crippen molar-refractivity contribution in [3.8, 4) is 45.0 Å². The summed E-state index contributed by atoms with van der Waals surface area (Å²) >= 11 is 0. The van der Waals surface area contributed by atoms with E-state index in [2.05, 4.69) is 54.2 Å². The fraction of sp³-hybridized carbons (Fsp3) is 0.0690. The van der Waals surface area contributed by atoms with E-state index in [1.54, 1.807) is 49.1 Å². The summed E-state index contributed by atoms with van der Waals surface area (Å²) in [6, 6.07) is 60.3. The van der Waals surface area contributed by atoms with Gasteiger partial charge in [-0.2, -0.15) is 0 Å². The average Bonchev–Trinajstić information content (AvgIpc) is 4.01. The molecule has 0 atom stereocenters. The van der Waals surface area contributed by atoms with Crippen molar-refractivity contribution in [2.75, 3.05) is 0 Å². The van der Waals surface area contributed by atoms with Gasteiger partial charge in [-0.25, -0.2) is 9.97 Å². The van der Waals surface area contributed by atoms with E-state index in [1.165, 1.54) is 18.2 Å². The summed E-state index contributed by atoms with van der Waals surface area (Å²) in [4.78, 5) is 25.4. The van der Waals surface area contributed by atoms with E-state index in [9.17, 15) is 0 Å². The smallest absolute Gasteiger partial charge is 0.216 e. The second-order valence-corrected chi connectivity index (χ2v) is 14.5. The van der Waals surface area contributed by atoms with Crippen LogP contribution in [0.4, 0.5) is 0 Å². The van der Waals surface area contributed by atoms with Crippen molar-refractivity contribution in [1.82, 2.24) is 29.9 Å². The van der Waals surface area contributed by atoms with Gasteiger partial charge in [0.2, 0.25) is 11.4 Å². The molecular weight excluding hydrogens is 1200 g/mol. The number of rotatable bonds is 4. The van der Waals surface area contributed by atoms with E-state index in [0.717, 1.165) is 50.1 Å².